The quantitative estimate of drug-likeness (QED) is 0.595. The van der Waals surface area contributed by atoms with Crippen LogP contribution in [-0.2, 0) is 11.3 Å². The summed E-state index contributed by atoms with van der Waals surface area (Å²) >= 11 is 0. The van der Waals surface area contributed by atoms with E-state index in [4.69, 9.17) is 14.6 Å². The molecule has 0 saturated heterocycles. The van der Waals surface area contributed by atoms with Gasteiger partial charge in [0.25, 0.3) is 11.5 Å². The zero-order valence-electron chi connectivity index (χ0n) is 14.9. The van der Waals surface area contributed by atoms with E-state index >= 15 is 0 Å². The van der Waals surface area contributed by atoms with Crippen molar-refractivity contribution in [1.82, 2.24) is 20.1 Å². The first kappa shape index (κ1) is 18.8. The summed E-state index contributed by atoms with van der Waals surface area (Å²) in [4.78, 5) is 26.6. The van der Waals surface area contributed by atoms with Gasteiger partial charge in [0.15, 0.2) is 0 Å². The lowest BCUT2D eigenvalue weighted by atomic mass is 10.3. The maximum atomic E-state index is 12.6. The zero-order chi connectivity index (χ0) is 19.2. The second-order valence-electron chi connectivity index (χ2n) is 5.75. The third-order valence-electron chi connectivity index (χ3n) is 4.08. The molecule has 2 heterocycles. The van der Waals surface area contributed by atoms with E-state index in [0.29, 0.717) is 19.0 Å². The van der Waals surface area contributed by atoms with Crippen molar-refractivity contribution in [2.75, 3.05) is 44.9 Å². The monoisotopic (exact) mass is 375 g/mol. The number of nitrogens with zero attached hydrogens (tertiary/aromatic N) is 4. The van der Waals surface area contributed by atoms with Crippen molar-refractivity contribution in [1.29, 1.82) is 0 Å². The highest BCUT2D eigenvalue weighted by atomic mass is 16.5. The minimum atomic E-state index is -0.599. The standard InChI is InChI=1S/C17H21N5O5/c1-26-13-4-2-12(3-5-13)21-7-8-22-16(25)14(19-20-17(21)22)15(24)18-6-10-27-11-9-23/h2-5,23H,6-11H2,1H3,(H,18,24). The lowest BCUT2D eigenvalue weighted by Crippen LogP contribution is -2.36. The highest BCUT2D eigenvalue weighted by Gasteiger charge is 2.27. The van der Waals surface area contributed by atoms with Gasteiger partial charge in [0, 0.05) is 25.3 Å². The first-order chi connectivity index (χ1) is 13.2. The number of rotatable bonds is 8. The Labute approximate surface area is 155 Å². The number of anilines is 2. The largest absolute Gasteiger partial charge is 0.497 e. The molecular weight excluding hydrogens is 354 g/mol. The summed E-state index contributed by atoms with van der Waals surface area (Å²) in [7, 11) is 1.59. The summed E-state index contributed by atoms with van der Waals surface area (Å²) in [5.41, 5.74) is 0.122. The normalized spacial score (nSPS) is 12.7. The molecule has 0 fully saturated rings. The molecule has 0 saturated carbocycles. The maximum Gasteiger partial charge on any atom is 0.286 e. The first-order valence-corrected chi connectivity index (χ1v) is 8.51. The predicted octanol–water partition coefficient (Wildman–Crippen LogP) is -0.463. The molecule has 10 heteroatoms. The molecule has 0 atom stereocenters. The van der Waals surface area contributed by atoms with E-state index in [0.717, 1.165) is 11.4 Å². The Morgan fingerprint density at radius 3 is 2.70 bits per heavy atom. The Kier molecular flexibility index (Phi) is 5.99. The average molecular weight is 375 g/mol. The molecule has 0 radical (unpaired) electrons. The number of fused-ring (bicyclic) bond motifs is 1. The summed E-state index contributed by atoms with van der Waals surface area (Å²) in [6, 6.07) is 7.38. The predicted molar refractivity (Wildman–Crippen MR) is 96.5 cm³/mol. The second-order valence-corrected chi connectivity index (χ2v) is 5.75. The van der Waals surface area contributed by atoms with Gasteiger partial charge in [-0.15, -0.1) is 10.2 Å². The van der Waals surface area contributed by atoms with E-state index in [1.54, 1.807) is 7.11 Å². The molecule has 0 spiro atoms. The van der Waals surface area contributed by atoms with Gasteiger partial charge in [-0.25, -0.2) is 0 Å². The summed E-state index contributed by atoms with van der Waals surface area (Å²) in [5.74, 6) is 0.530. The summed E-state index contributed by atoms with van der Waals surface area (Å²) < 4.78 is 11.6. The number of hydrogen-bond acceptors (Lipinski definition) is 8. The molecule has 1 amide bonds. The van der Waals surface area contributed by atoms with Crippen LogP contribution in [0.5, 0.6) is 5.75 Å². The SMILES string of the molecule is COc1ccc(N2CCn3c2nnc(C(=O)NCCOCCO)c3=O)cc1. The fourth-order valence-electron chi connectivity index (χ4n) is 2.75. The number of amides is 1. The van der Waals surface area contributed by atoms with E-state index in [1.807, 2.05) is 29.2 Å². The van der Waals surface area contributed by atoms with Crippen LogP contribution in [0.3, 0.4) is 0 Å². The highest BCUT2D eigenvalue weighted by molar-refractivity contribution is 5.91. The van der Waals surface area contributed by atoms with Gasteiger partial charge in [0.1, 0.15) is 5.75 Å². The van der Waals surface area contributed by atoms with E-state index in [2.05, 4.69) is 15.5 Å². The van der Waals surface area contributed by atoms with Crippen LogP contribution >= 0.6 is 0 Å². The van der Waals surface area contributed by atoms with Gasteiger partial charge >= 0.3 is 0 Å². The van der Waals surface area contributed by atoms with Gasteiger partial charge in [-0.2, -0.15) is 0 Å². The van der Waals surface area contributed by atoms with Crippen LogP contribution in [0.15, 0.2) is 29.1 Å². The van der Waals surface area contributed by atoms with E-state index < -0.39 is 11.5 Å². The van der Waals surface area contributed by atoms with Crippen LogP contribution in [0.25, 0.3) is 0 Å². The molecule has 2 N–H and O–H groups in total. The molecule has 1 aromatic carbocycles. The van der Waals surface area contributed by atoms with Crippen molar-refractivity contribution in [3.63, 3.8) is 0 Å². The molecule has 1 aromatic heterocycles. The molecule has 1 aliphatic heterocycles. The molecule has 27 heavy (non-hydrogen) atoms. The number of hydrogen-bond donors (Lipinski definition) is 2. The number of carbonyl (C=O) groups excluding carboxylic acids is 1. The Morgan fingerprint density at radius 1 is 1.22 bits per heavy atom. The second kappa shape index (κ2) is 8.60. The minimum Gasteiger partial charge on any atom is -0.497 e. The number of nitrogens with one attached hydrogen (secondary N) is 1. The minimum absolute atomic E-state index is 0.0870. The summed E-state index contributed by atoms with van der Waals surface area (Å²) in [5, 5.41) is 19.1. The first-order valence-electron chi connectivity index (χ1n) is 8.51. The number of aliphatic hydroxyl groups is 1. The number of aliphatic hydroxyl groups excluding tert-OH is 1. The van der Waals surface area contributed by atoms with E-state index in [-0.39, 0.29) is 32.1 Å². The zero-order valence-corrected chi connectivity index (χ0v) is 14.9. The van der Waals surface area contributed by atoms with Crippen molar-refractivity contribution < 1.29 is 19.4 Å². The molecule has 144 valence electrons. The fourth-order valence-corrected chi connectivity index (χ4v) is 2.75. The number of benzene rings is 1. The van der Waals surface area contributed by atoms with E-state index in [1.165, 1.54) is 4.57 Å². The van der Waals surface area contributed by atoms with Crippen molar-refractivity contribution in [3.05, 3.63) is 40.3 Å². The van der Waals surface area contributed by atoms with Crippen molar-refractivity contribution in [3.8, 4) is 5.75 Å². The maximum absolute atomic E-state index is 12.6. The Balaban J connectivity index is 1.73. The van der Waals surface area contributed by atoms with Crippen LogP contribution in [-0.4, -0.2) is 65.8 Å². The van der Waals surface area contributed by atoms with Gasteiger partial charge in [0.05, 0.1) is 26.9 Å². The third-order valence-corrected chi connectivity index (χ3v) is 4.08. The Hall–Kier alpha value is -2.98. The number of ether oxygens (including phenoxy) is 2. The van der Waals surface area contributed by atoms with Gasteiger partial charge in [-0.1, -0.05) is 0 Å². The topological polar surface area (TPSA) is 119 Å². The van der Waals surface area contributed by atoms with Crippen molar-refractivity contribution in [2.45, 2.75) is 6.54 Å². The van der Waals surface area contributed by atoms with Crippen molar-refractivity contribution >= 4 is 17.5 Å². The summed E-state index contributed by atoms with van der Waals surface area (Å²) in [6.45, 7) is 1.51. The van der Waals surface area contributed by atoms with Crippen LogP contribution < -0.4 is 20.5 Å². The smallest absolute Gasteiger partial charge is 0.286 e. The lowest BCUT2D eigenvalue weighted by molar-refractivity contribution is 0.0833. The molecule has 10 nitrogen and oxygen atoms in total. The highest BCUT2D eigenvalue weighted by Crippen LogP contribution is 2.27. The van der Waals surface area contributed by atoms with E-state index in [9.17, 15) is 9.59 Å². The number of carbonyl (C=O) groups is 1. The molecule has 3 rings (SSSR count). The third kappa shape index (κ3) is 4.07. The van der Waals surface area contributed by atoms with Crippen LogP contribution in [0.4, 0.5) is 11.6 Å². The fraction of sp³-hybridized carbons (Fsp3) is 0.412. The number of aromatic nitrogens is 3. The lowest BCUT2D eigenvalue weighted by Gasteiger charge is -2.17. The van der Waals surface area contributed by atoms with Crippen LogP contribution in [0.2, 0.25) is 0 Å². The molecular formula is C17H21N5O5. The Morgan fingerprint density at radius 2 is 2.00 bits per heavy atom. The average Bonchev–Trinajstić information content (AvgIpc) is 3.13. The van der Waals surface area contributed by atoms with Crippen LogP contribution in [0, 0.1) is 0 Å². The Bertz CT molecular complexity index is 852. The van der Waals surface area contributed by atoms with Gasteiger partial charge < -0.3 is 24.8 Å². The molecule has 1 aliphatic rings. The molecule has 0 bridgehead atoms. The van der Waals surface area contributed by atoms with Crippen LogP contribution in [0.1, 0.15) is 10.5 Å². The molecule has 2 aromatic rings. The number of methoxy groups -OCH3 is 1. The molecule has 0 aliphatic carbocycles. The van der Waals surface area contributed by atoms with Crippen molar-refractivity contribution in [2.24, 2.45) is 0 Å². The van der Waals surface area contributed by atoms with Gasteiger partial charge in [0.2, 0.25) is 11.6 Å². The van der Waals surface area contributed by atoms with Gasteiger partial charge in [-0.05, 0) is 24.3 Å². The molecule has 0 unspecified atom stereocenters. The summed E-state index contributed by atoms with van der Waals surface area (Å²) in [6.07, 6.45) is 0. The van der Waals surface area contributed by atoms with Gasteiger partial charge in [-0.3, -0.25) is 14.2 Å².